The van der Waals surface area contributed by atoms with Crippen molar-refractivity contribution in [3.8, 4) is 5.75 Å². The number of phenolic OH excluding ortho intramolecular Hbond substituents is 1. The highest BCUT2D eigenvalue weighted by molar-refractivity contribution is 6.01. The first-order valence-corrected chi connectivity index (χ1v) is 20.9. The molecule has 2 amide bonds. The van der Waals surface area contributed by atoms with E-state index >= 15 is 0 Å². The number of nitrogens with one attached hydrogen (secondary N) is 3. The second-order valence-corrected chi connectivity index (χ2v) is 15.6. The third-order valence-corrected chi connectivity index (χ3v) is 9.87. The predicted molar refractivity (Wildman–Crippen MR) is 234 cm³/mol. The van der Waals surface area contributed by atoms with Crippen molar-refractivity contribution in [1.82, 2.24) is 10.6 Å². The van der Waals surface area contributed by atoms with Gasteiger partial charge < -0.3 is 40.0 Å². The molecule has 3 aromatic carbocycles. The van der Waals surface area contributed by atoms with E-state index in [1.54, 1.807) is 30.3 Å². The summed E-state index contributed by atoms with van der Waals surface area (Å²) in [5, 5.41) is 18.2. The number of hydrogen-bond donors (Lipinski definition) is 4. The lowest BCUT2D eigenvalue weighted by atomic mass is 9.92. The first-order chi connectivity index (χ1) is 29.9. The van der Waals surface area contributed by atoms with Crippen LogP contribution in [0.15, 0.2) is 72.8 Å². The summed E-state index contributed by atoms with van der Waals surface area (Å²) in [6.45, 7) is 11.2. The second-order valence-electron chi connectivity index (χ2n) is 15.6. The molecule has 0 saturated carbocycles. The van der Waals surface area contributed by atoms with E-state index in [9.17, 15) is 47.0 Å². The normalized spacial score (nSPS) is 19.1. The van der Waals surface area contributed by atoms with Crippen LogP contribution in [0.3, 0.4) is 0 Å². The number of amides is 2. The van der Waals surface area contributed by atoms with Gasteiger partial charge in [0.05, 0.1) is 28.3 Å². The Bertz CT molecular complexity index is 1990. The van der Waals surface area contributed by atoms with E-state index in [0.717, 1.165) is 25.0 Å². The molecule has 0 radical (unpaired) electrons. The Morgan fingerprint density at radius 3 is 2.22 bits per heavy atom. The fraction of sp³-hybridized carbons (Fsp3) is 0.478. The average Bonchev–Trinajstić information content (AvgIpc) is 3.25. The molecule has 1 aliphatic rings. The molecule has 4 N–H and O–H groups in total. The number of para-hydroxylation sites is 1. The quantitative estimate of drug-likeness (QED) is 0.0321. The molecular weight excluding hydrogens is 863 g/mol. The van der Waals surface area contributed by atoms with E-state index in [1.807, 2.05) is 33.8 Å². The Balaban J connectivity index is 0.000000469. The van der Waals surface area contributed by atoms with Crippen LogP contribution in [0.25, 0.3) is 0 Å². The lowest BCUT2D eigenvalue weighted by Gasteiger charge is -2.29. The molecule has 1 saturated heterocycles. The predicted octanol–water partition coefficient (Wildman–Crippen LogP) is 7.60. The van der Waals surface area contributed by atoms with E-state index in [1.165, 1.54) is 38.1 Å². The average molecular weight is 922 g/mol. The number of cyclic esters (lactones) is 2. The third kappa shape index (κ3) is 17.5. The van der Waals surface area contributed by atoms with Gasteiger partial charge in [0.2, 0.25) is 6.41 Å². The number of aromatic hydroxyl groups is 1. The number of halogens is 4. The van der Waals surface area contributed by atoms with Gasteiger partial charge in [0, 0.05) is 19.0 Å². The molecule has 352 valence electrons. The van der Waals surface area contributed by atoms with E-state index in [4.69, 9.17) is 18.9 Å². The van der Waals surface area contributed by atoms with Crippen molar-refractivity contribution in [2.24, 2.45) is 11.8 Å². The number of carbonyl (C=O) groups excluding carboxylic acids is 6. The smallest absolute Gasteiger partial charge is 0.416 e. The number of unbranched alkanes of at least 4 members (excludes halogenated alkanes) is 2. The van der Waals surface area contributed by atoms with E-state index < -0.39 is 77.5 Å². The Hall–Kier alpha value is -5.68. The van der Waals surface area contributed by atoms with Crippen molar-refractivity contribution >= 4 is 54.3 Å². The molecule has 6 unspecified atom stereocenters. The van der Waals surface area contributed by atoms with Gasteiger partial charge in [-0.3, -0.25) is 19.2 Å². The van der Waals surface area contributed by atoms with Gasteiger partial charge >= 0.3 is 30.1 Å². The van der Waals surface area contributed by atoms with E-state index in [2.05, 4.69) is 16.0 Å². The lowest BCUT2D eigenvalue weighted by Crippen LogP contribution is -2.50. The van der Waals surface area contributed by atoms with Gasteiger partial charge in [0.15, 0.2) is 17.9 Å². The zero-order chi connectivity index (χ0) is 46.7. The summed E-state index contributed by atoms with van der Waals surface area (Å²) in [4.78, 5) is 74.5. The zero-order valence-electron chi connectivity index (χ0n) is 36.8. The zero-order valence-corrected chi connectivity index (χ0v) is 37.6. The highest BCUT2D eigenvalue weighted by Crippen LogP contribution is 2.31. The van der Waals surface area contributed by atoms with Crippen molar-refractivity contribution in [3.05, 3.63) is 95.1 Å². The van der Waals surface area contributed by atoms with Crippen molar-refractivity contribution in [1.29, 1.82) is 0 Å². The number of hydrogen-bond acceptors (Lipinski definition) is 12. The molecule has 3 aromatic rings. The molecular formula is C46H59ClF3N3O11. The largest absolute Gasteiger partial charge is 0.505 e. The monoisotopic (exact) mass is 921 g/mol. The van der Waals surface area contributed by atoms with Gasteiger partial charge in [0.25, 0.3) is 5.91 Å². The van der Waals surface area contributed by atoms with Crippen LogP contribution >= 0.6 is 12.4 Å². The minimum Gasteiger partial charge on any atom is -0.505 e. The number of alkyl halides is 3. The molecule has 0 aliphatic carbocycles. The van der Waals surface area contributed by atoms with Crippen LogP contribution in [0.4, 0.5) is 18.9 Å². The molecule has 1 heterocycles. The number of ether oxygens (including phenoxy) is 4. The highest BCUT2D eigenvalue weighted by Gasteiger charge is 2.44. The summed E-state index contributed by atoms with van der Waals surface area (Å²) >= 11 is 0. The van der Waals surface area contributed by atoms with Crippen LogP contribution in [-0.2, 0) is 50.7 Å². The number of phenols is 1. The summed E-state index contributed by atoms with van der Waals surface area (Å²) in [6, 6.07) is 16.6. The van der Waals surface area contributed by atoms with Crippen molar-refractivity contribution < 1.29 is 66.0 Å². The summed E-state index contributed by atoms with van der Waals surface area (Å²) in [5.74, 6) is -4.67. The molecule has 1 aliphatic heterocycles. The Labute approximate surface area is 377 Å². The first kappa shape index (κ1) is 54.5. The molecule has 14 nitrogen and oxygen atoms in total. The van der Waals surface area contributed by atoms with Crippen LogP contribution in [-0.4, -0.2) is 84.8 Å². The Morgan fingerprint density at radius 2 is 1.58 bits per heavy atom. The topological polar surface area (TPSA) is 196 Å². The van der Waals surface area contributed by atoms with Gasteiger partial charge in [-0.1, -0.05) is 82.5 Å². The standard InChI is InChI=1S/C27H38N2O9.C19H20F3NO2.ClH/c1-6-7-8-10-19-24(38-21(31)13-15(2)3)17(5)37-27(35)22(16(4)36-26(19)34)29-25(33)18-11-9-12-20(23(18)32)28-14-30;1-14(12-15-6-5-9-17(13-15)19(20,21)22)23-10-11-25-18(24)16-7-3-2-4-8-16;/h9,11-12,14-17,19,22,24,32H,6-8,10,13H2,1-5H3,(H,28,30)(H,29,33);2-9,13-14,23H,10-12H2,1H3;1H. The van der Waals surface area contributed by atoms with Gasteiger partial charge in [-0.05, 0) is 75.4 Å². The molecule has 0 bridgehead atoms. The van der Waals surface area contributed by atoms with E-state index in [-0.39, 0.29) is 48.6 Å². The highest BCUT2D eigenvalue weighted by atomic mass is 35.5. The molecule has 4 rings (SSSR count). The summed E-state index contributed by atoms with van der Waals surface area (Å²) in [5.41, 5.74) is 0.234. The van der Waals surface area contributed by atoms with Crippen molar-refractivity contribution in [3.63, 3.8) is 0 Å². The second kappa shape index (κ2) is 26.8. The maximum atomic E-state index is 13.3. The van der Waals surface area contributed by atoms with Gasteiger partial charge in [0.1, 0.15) is 18.8 Å². The number of anilines is 1. The van der Waals surface area contributed by atoms with Crippen LogP contribution in [0.5, 0.6) is 5.75 Å². The number of benzene rings is 3. The van der Waals surface area contributed by atoms with Crippen LogP contribution in [0.1, 0.15) is 105 Å². The lowest BCUT2D eigenvalue weighted by molar-refractivity contribution is -0.175. The third-order valence-electron chi connectivity index (χ3n) is 9.87. The van der Waals surface area contributed by atoms with Gasteiger partial charge in [-0.15, -0.1) is 12.4 Å². The fourth-order valence-electron chi connectivity index (χ4n) is 6.63. The van der Waals surface area contributed by atoms with Gasteiger partial charge in [-0.25, -0.2) is 9.59 Å². The molecule has 18 heteroatoms. The van der Waals surface area contributed by atoms with Crippen LogP contribution in [0.2, 0.25) is 0 Å². The maximum Gasteiger partial charge on any atom is 0.416 e. The van der Waals surface area contributed by atoms with E-state index in [0.29, 0.717) is 43.3 Å². The van der Waals surface area contributed by atoms with Crippen LogP contribution in [0, 0.1) is 11.8 Å². The van der Waals surface area contributed by atoms with Crippen LogP contribution < -0.4 is 16.0 Å². The number of esters is 4. The molecule has 64 heavy (non-hydrogen) atoms. The minimum absolute atomic E-state index is 0. The Kier molecular flexibility index (Phi) is 22.8. The first-order valence-electron chi connectivity index (χ1n) is 20.9. The molecule has 1 fully saturated rings. The van der Waals surface area contributed by atoms with Crippen molar-refractivity contribution in [2.45, 2.75) is 117 Å². The summed E-state index contributed by atoms with van der Waals surface area (Å²) < 4.78 is 60.1. The molecule has 6 atom stereocenters. The van der Waals surface area contributed by atoms with Crippen molar-refractivity contribution in [2.75, 3.05) is 18.5 Å². The molecule has 0 aromatic heterocycles. The Morgan fingerprint density at radius 1 is 0.906 bits per heavy atom. The SMILES string of the molecule is CC(Cc1cccc(C(F)(F)F)c1)NCCOC(=O)c1ccccc1.CCCCCC1C(=O)OC(C)C(NC(=O)c2cccc(NC=O)c2O)C(=O)OC(C)C1OC(=O)CC(C)C.Cl. The number of carbonyl (C=O) groups is 6. The minimum atomic E-state index is -4.34. The summed E-state index contributed by atoms with van der Waals surface area (Å²) in [6.07, 6.45) is -3.82. The maximum absolute atomic E-state index is 13.3. The fourth-order valence-corrected chi connectivity index (χ4v) is 6.63. The van der Waals surface area contributed by atoms with Gasteiger partial charge in [-0.2, -0.15) is 13.2 Å². The number of rotatable bonds is 18. The summed E-state index contributed by atoms with van der Waals surface area (Å²) in [7, 11) is 0. The molecule has 0 spiro atoms.